The lowest BCUT2D eigenvalue weighted by atomic mass is 9.67. The summed E-state index contributed by atoms with van der Waals surface area (Å²) in [5.74, 6) is 0.436. The molecule has 0 fully saturated rings. The van der Waals surface area contributed by atoms with Crippen molar-refractivity contribution in [1.29, 1.82) is 5.26 Å². The topological polar surface area (TPSA) is 91.9 Å². The van der Waals surface area contributed by atoms with E-state index in [9.17, 15) is 10.4 Å². The van der Waals surface area contributed by atoms with Crippen LogP contribution in [0.2, 0.25) is 0 Å². The van der Waals surface area contributed by atoms with Crippen molar-refractivity contribution in [2.45, 2.75) is 11.8 Å². The van der Waals surface area contributed by atoms with Gasteiger partial charge >= 0.3 is 0 Å². The van der Waals surface area contributed by atoms with Crippen LogP contribution < -0.4 is 4.74 Å². The lowest BCUT2D eigenvalue weighted by Crippen LogP contribution is -2.33. The van der Waals surface area contributed by atoms with Crippen LogP contribution in [0.25, 0.3) is 0 Å². The van der Waals surface area contributed by atoms with Crippen LogP contribution in [0.15, 0.2) is 91.6 Å². The van der Waals surface area contributed by atoms with Gasteiger partial charge in [-0.25, -0.2) is 4.98 Å². The number of hydrogen-bond donors (Lipinski definition) is 1. The summed E-state index contributed by atoms with van der Waals surface area (Å²) in [6.45, 7) is 0.0110. The molecule has 3 heterocycles. The molecule has 6 heteroatoms. The van der Waals surface area contributed by atoms with E-state index in [1.807, 2.05) is 67.0 Å². The summed E-state index contributed by atoms with van der Waals surface area (Å²) in [7, 11) is 0. The van der Waals surface area contributed by atoms with Crippen molar-refractivity contribution in [2.24, 2.45) is 0 Å². The molecule has 0 radical (unpaired) electrons. The van der Waals surface area contributed by atoms with Crippen molar-refractivity contribution in [3.8, 4) is 11.9 Å². The Balaban J connectivity index is 2.02. The zero-order valence-electron chi connectivity index (χ0n) is 17.4. The standard InChI is InChI=1S/C26H22N4O2/c27-17-21-6-1-5-20(15-21)16-26(22-7-2-10-28-18-22,23-8-3-11-29-19-23)24-9-4-12-30-25(24)32-14-13-31/h1-12,15,18-19,31H,13-14,16H2. The Morgan fingerprint density at radius 3 is 2.25 bits per heavy atom. The van der Waals surface area contributed by atoms with Crippen LogP contribution in [-0.2, 0) is 11.8 Å². The summed E-state index contributed by atoms with van der Waals surface area (Å²) in [5, 5.41) is 18.8. The van der Waals surface area contributed by atoms with Crippen molar-refractivity contribution in [1.82, 2.24) is 15.0 Å². The average Bonchev–Trinajstić information content (AvgIpc) is 2.87. The minimum Gasteiger partial charge on any atom is -0.475 e. The third kappa shape index (κ3) is 4.20. The molecule has 4 aromatic rings. The van der Waals surface area contributed by atoms with Gasteiger partial charge in [-0.15, -0.1) is 0 Å². The first-order valence-corrected chi connectivity index (χ1v) is 10.3. The monoisotopic (exact) mass is 422 g/mol. The molecule has 0 atom stereocenters. The summed E-state index contributed by atoms with van der Waals surface area (Å²) in [4.78, 5) is 13.3. The second kappa shape index (κ2) is 9.82. The van der Waals surface area contributed by atoms with Gasteiger partial charge in [0.2, 0.25) is 5.88 Å². The van der Waals surface area contributed by atoms with Crippen molar-refractivity contribution < 1.29 is 9.84 Å². The van der Waals surface area contributed by atoms with Crippen molar-refractivity contribution in [3.05, 3.63) is 119 Å². The van der Waals surface area contributed by atoms with E-state index in [0.29, 0.717) is 17.9 Å². The van der Waals surface area contributed by atoms with Gasteiger partial charge in [-0.2, -0.15) is 5.26 Å². The van der Waals surface area contributed by atoms with Gasteiger partial charge in [0.1, 0.15) is 6.61 Å². The second-order valence-corrected chi connectivity index (χ2v) is 7.31. The van der Waals surface area contributed by atoms with Crippen LogP contribution >= 0.6 is 0 Å². The molecular formula is C26H22N4O2. The number of aliphatic hydroxyl groups excluding tert-OH is 1. The summed E-state index contributed by atoms with van der Waals surface area (Å²) >= 11 is 0. The molecule has 0 spiro atoms. The lowest BCUT2D eigenvalue weighted by molar-refractivity contribution is 0.194. The molecule has 0 aliphatic rings. The Kier molecular flexibility index (Phi) is 6.49. The second-order valence-electron chi connectivity index (χ2n) is 7.31. The van der Waals surface area contributed by atoms with Crippen LogP contribution in [0.3, 0.4) is 0 Å². The normalized spacial score (nSPS) is 11.0. The van der Waals surface area contributed by atoms with E-state index in [4.69, 9.17) is 4.74 Å². The van der Waals surface area contributed by atoms with Crippen molar-refractivity contribution in [2.75, 3.05) is 13.2 Å². The molecule has 32 heavy (non-hydrogen) atoms. The van der Waals surface area contributed by atoms with Crippen LogP contribution in [0.4, 0.5) is 0 Å². The summed E-state index contributed by atoms with van der Waals surface area (Å²) < 4.78 is 5.86. The zero-order valence-corrected chi connectivity index (χ0v) is 17.4. The zero-order chi connectivity index (χ0) is 22.2. The molecular weight excluding hydrogens is 400 g/mol. The van der Waals surface area contributed by atoms with Gasteiger partial charge in [0.15, 0.2) is 0 Å². The van der Waals surface area contributed by atoms with E-state index >= 15 is 0 Å². The largest absolute Gasteiger partial charge is 0.475 e. The number of pyridine rings is 3. The Morgan fingerprint density at radius 2 is 1.62 bits per heavy atom. The number of rotatable bonds is 8. The third-order valence-corrected chi connectivity index (χ3v) is 5.40. The van der Waals surface area contributed by atoms with Gasteiger partial charge in [0, 0.05) is 36.5 Å². The minimum atomic E-state index is -0.740. The van der Waals surface area contributed by atoms with E-state index in [-0.39, 0.29) is 13.2 Å². The first-order chi connectivity index (χ1) is 15.8. The van der Waals surface area contributed by atoms with Crippen LogP contribution in [0.1, 0.15) is 27.8 Å². The van der Waals surface area contributed by atoms with E-state index < -0.39 is 5.41 Å². The minimum absolute atomic E-state index is 0.118. The third-order valence-electron chi connectivity index (χ3n) is 5.40. The fourth-order valence-corrected chi connectivity index (χ4v) is 4.04. The predicted molar refractivity (Wildman–Crippen MR) is 120 cm³/mol. The number of aromatic nitrogens is 3. The summed E-state index contributed by atoms with van der Waals surface area (Å²) in [6.07, 6.45) is 9.35. The molecule has 0 saturated carbocycles. The Labute approximate surface area is 186 Å². The first kappa shape index (κ1) is 21.2. The van der Waals surface area contributed by atoms with Gasteiger partial charge < -0.3 is 9.84 Å². The molecule has 0 aliphatic carbocycles. The van der Waals surface area contributed by atoms with E-state index in [2.05, 4.69) is 21.0 Å². The highest BCUT2D eigenvalue weighted by atomic mass is 16.5. The fourth-order valence-electron chi connectivity index (χ4n) is 4.04. The molecule has 1 aromatic carbocycles. The Bertz CT molecular complexity index is 1170. The molecule has 0 unspecified atom stereocenters. The Morgan fingerprint density at radius 1 is 0.906 bits per heavy atom. The van der Waals surface area contributed by atoms with Crippen molar-refractivity contribution >= 4 is 0 Å². The van der Waals surface area contributed by atoms with E-state index in [1.165, 1.54) is 0 Å². The van der Waals surface area contributed by atoms with Gasteiger partial charge in [-0.3, -0.25) is 9.97 Å². The highest BCUT2D eigenvalue weighted by Gasteiger charge is 2.40. The number of aliphatic hydroxyl groups is 1. The molecule has 158 valence electrons. The molecule has 0 bridgehead atoms. The highest BCUT2D eigenvalue weighted by molar-refractivity contribution is 5.54. The first-order valence-electron chi connectivity index (χ1n) is 10.3. The molecule has 0 saturated heterocycles. The molecule has 0 aliphatic heterocycles. The van der Waals surface area contributed by atoms with Gasteiger partial charge in [-0.1, -0.05) is 30.3 Å². The average molecular weight is 422 g/mol. The molecule has 4 rings (SSSR count). The summed E-state index contributed by atoms with van der Waals surface area (Å²) in [5.41, 5.74) is 3.55. The van der Waals surface area contributed by atoms with Crippen LogP contribution in [0, 0.1) is 11.3 Å². The van der Waals surface area contributed by atoms with Crippen LogP contribution in [-0.4, -0.2) is 33.3 Å². The number of nitrogens with zero attached hydrogens (tertiary/aromatic N) is 4. The Hall–Kier alpha value is -4.08. The number of benzene rings is 1. The van der Waals surface area contributed by atoms with Crippen LogP contribution in [0.5, 0.6) is 5.88 Å². The number of hydrogen-bond acceptors (Lipinski definition) is 6. The molecule has 6 nitrogen and oxygen atoms in total. The SMILES string of the molecule is N#Cc1cccc(CC(c2cccnc2)(c2cccnc2)c2cccnc2OCCO)c1. The maximum atomic E-state index is 9.43. The summed E-state index contributed by atoms with van der Waals surface area (Å²) in [6, 6.07) is 21.5. The van der Waals surface area contributed by atoms with Gasteiger partial charge in [-0.05, 0) is 53.4 Å². The van der Waals surface area contributed by atoms with Crippen molar-refractivity contribution in [3.63, 3.8) is 0 Å². The lowest BCUT2D eigenvalue weighted by Gasteiger charge is -2.36. The van der Waals surface area contributed by atoms with E-state index in [0.717, 1.165) is 22.3 Å². The van der Waals surface area contributed by atoms with E-state index in [1.54, 1.807) is 24.7 Å². The number of ether oxygens (including phenoxy) is 1. The highest BCUT2D eigenvalue weighted by Crippen LogP contribution is 2.44. The maximum absolute atomic E-state index is 9.43. The number of nitriles is 1. The molecule has 0 amide bonds. The smallest absolute Gasteiger partial charge is 0.217 e. The quantitative estimate of drug-likeness (QED) is 0.466. The molecule has 1 N–H and O–H groups in total. The fraction of sp³-hybridized carbons (Fsp3) is 0.154. The van der Waals surface area contributed by atoms with Gasteiger partial charge in [0.25, 0.3) is 0 Å². The molecule has 3 aromatic heterocycles. The van der Waals surface area contributed by atoms with Gasteiger partial charge in [0.05, 0.1) is 23.7 Å². The predicted octanol–water partition coefficient (Wildman–Crippen LogP) is 3.69. The maximum Gasteiger partial charge on any atom is 0.217 e.